The molecule has 8 heteroatoms. The number of para-hydroxylation sites is 1. The fourth-order valence-electron chi connectivity index (χ4n) is 4.20. The average Bonchev–Trinajstić information content (AvgIpc) is 3.34. The summed E-state index contributed by atoms with van der Waals surface area (Å²) in [5.41, 5.74) is 3.84. The molecule has 5 rings (SSSR count). The Hall–Kier alpha value is -4.01. The molecule has 0 aliphatic heterocycles. The zero-order valence-corrected chi connectivity index (χ0v) is 22.1. The van der Waals surface area contributed by atoms with Gasteiger partial charge >= 0.3 is 0 Å². The number of anilines is 1. The van der Waals surface area contributed by atoms with E-state index < -0.39 is 0 Å². The summed E-state index contributed by atoms with van der Waals surface area (Å²) in [5.74, 6) is 1.12. The molecule has 2 heterocycles. The van der Waals surface area contributed by atoms with E-state index in [4.69, 9.17) is 19.4 Å². The van der Waals surface area contributed by atoms with Crippen molar-refractivity contribution >= 4 is 43.5 Å². The van der Waals surface area contributed by atoms with Crippen molar-refractivity contribution < 1.29 is 14.3 Å². The number of carbonyl (C=O) groups is 1. The van der Waals surface area contributed by atoms with Crippen LogP contribution < -0.4 is 14.4 Å². The number of fused-ring (bicyclic) bond motifs is 2. The lowest BCUT2D eigenvalue weighted by molar-refractivity contribution is 0.0986. The SMILES string of the molecule is COc1cc2nc(N(CCN(C)C)C(=O)c3cc(-c4ccccc4)nc4ccccc34)sc2cc1OC. The number of thiazole rings is 1. The molecular formula is C29H28N4O3S. The first-order chi connectivity index (χ1) is 18.0. The molecule has 3 aromatic carbocycles. The Morgan fingerprint density at radius 3 is 2.27 bits per heavy atom. The standard InChI is InChI=1S/C29H28N4O3S/c1-32(2)14-15-33(29-31-24-17-25(35-3)26(36-4)18-27(24)37-29)28(34)21-16-23(19-10-6-5-7-11-19)30-22-13-9-8-12-20(21)22/h5-13,16-18H,14-15H2,1-4H3. The van der Waals surface area contributed by atoms with Crippen LogP contribution in [0.2, 0.25) is 0 Å². The minimum Gasteiger partial charge on any atom is -0.493 e. The Morgan fingerprint density at radius 2 is 1.54 bits per heavy atom. The third kappa shape index (κ3) is 4.98. The van der Waals surface area contributed by atoms with Gasteiger partial charge in [-0.2, -0.15) is 0 Å². The molecule has 0 atom stereocenters. The summed E-state index contributed by atoms with van der Waals surface area (Å²) in [6, 6.07) is 23.3. The quantitative estimate of drug-likeness (QED) is 0.264. The van der Waals surface area contributed by atoms with E-state index in [0.717, 1.165) is 32.4 Å². The monoisotopic (exact) mass is 512 g/mol. The van der Waals surface area contributed by atoms with E-state index in [9.17, 15) is 4.79 Å². The van der Waals surface area contributed by atoms with Gasteiger partial charge in [0.2, 0.25) is 0 Å². The second-order valence-corrected chi connectivity index (χ2v) is 9.88. The van der Waals surface area contributed by atoms with Crippen LogP contribution in [0.4, 0.5) is 5.13 Å². The number of methoxy groups -OCH3 is 2. The molecule has 0 unspecified atom stereocenters. The highest BCUT2D eigenvalue weighted by molar-refractivity contribution is 7.22. The van der Waals surface area contributed by atoms with Gasteiger partial charge in [-0.1, -0.05) is 59.9 Å². The van der Waals surface area contributed by atoms with Gasteiger partial charge in [0.1, 0.15) is 0 Å². The van der Waals surface area contributed by atoms with Crippen molar-refractivity contribution in [1.82, 2.24) is 14.9 Å². The second kappa shape index (κ2) is 10.5. The lowest BCUT2D eigenvalue weighted by atomic mass is 10.0. The molecule has 1 amide bonds. The Balaban J connectivity index is 1.64. The molecule has 2 aromatic heterocycles. The molecule has 5 aromatic rings. The second-order valence-electron chi connectivity index (χ2n) is 8.87. The van der Waals surface area contributed by atoms with Crippen LogP contribution in [0, 0.1) is 0 Å². The van der Waals surface area contributed by atoms with Crippen LogP contribution in [0.15, 0.2) is 72.8 Å². The molecule has 0 N–H and O–H groups in total. The molecule has 7 nitrogen and oxygen atoms in total. The summed E-state index contributed by atoms with van der Waals surface area (Å²) in [4.78, 5) is 27.8. The van der Waals surface area contributed by atoms with Gasteiger partial charge in [0, 0.05) is 36.2 Å². The highest BCUT2D eigenvalue weighted by atomic mass is 32.1. The average molecular weight is 513 g/mol. The van der Waals surface area contributed by atoms with Gasteiger partial charge in [-0.3, -0.25) is 9.69 Å². The number of aromatic nitrogens is 2. The number of nitrogens with zero attached hydrogens (tertiary/aromatic N) is 4. The van der Waals surface area contributed by atoms with E-state index in [-0.39, 0.29) is 5.91 Å². The van der Waals surface area contributed by atoms with Gasteiger partial charge in [-0.15, -0.1) is 0 Å². The van der Waals surface area contributed by atoms with Crippen LogP contribution in [-0.4, -0.2) is 62.2 Å². The fraction of sp³-hybridized carbons (Fsp3) is 0.207. The lowest BCUT2D eigenvalue weighted by Crippen LogP contribution is -2.37. The minimum atomic E-state index is -0.115. The van der Waals surface area contributed by atoms with Crippen LogP contribution in [-0.2, 0) is 0 Å². The highest BCUT2D eigenvalue weighted by Crippen LogP contribution is 2.38. The van der Waals surface area contributed by atoms with Crippen LogP contribution in [0.1, 0.15) is 10.4 Å². The maximum Gasteiger partial charge on any atom is 0.260 e. The van der Waals surface area contributed by atoms with Crippen molar-refractivity contribution in [3.8, 4) is 22.8 Å². The molecule has 0 aliphatic carbocycles. The van der Waals surface area contributed by atoms with Gasteiger partial charge in [0.15, 0.2) is 16.6 Å². The number of ether oxygens (including phenoxy) is 2. The van der Waals surface area contributed by atoms with Crippen LogP contribution in [0.25, 0.3) is 32.4 Å². The Labute approximate surface area is 219 Å². The van der Waals surface area contributed by atoms with E-state index in [0.29, 0.717) is 35.3 Å². The molecule has 0 saturated carbocycles. The van der Waals surface area contributed by atoms with Gasteiger partial charge in [-0.25, -0.2) is 9.97 Å². The predicted octanol–water partition coefficient (Wildman–Crippen LogP) is 5.74. The summed E-state index contributed by atoms with van der Waals surface area (Å²) in [7, 11) is 7.19. The van der Waals surface area contributed by atoms with E-state index >= 15 is 0 Å². The summed E-state index contributed by atoms with van der Waals surface area (Å²) < 4.78 is 11.8. The summed E-state index contributed by atoms with van der Waals surface area (Å²) >= 11 is 1.46. The number of rotatable bonds is 8. The topological polar surface area (TPSA) is 67.8 Å². The van der Waals surface area contributed by atoms with Crippen LogP contribution >= 0.6 is 11.3 Å². The lowest BCUT2D eigenvalue weighted by Gasteiger charge is -2.23. The summed E-state index contributed by atoms with van der Waals surface area (Å²) in [6.45, 7) is 1.17. The maximum absolute atomic E-state index is 14.3. The molecule has 0 saturated heterocycles. The smallest absolute Gasteiger partial charge is 0.260 e. The molecule has 0 radical (unpaired) electrons. The van der Waals surface area contributed by atoms with E-state index in [1.807, 2.05) is 86.9 Å². The molecular weight excluding hydrogens is 484 g/mol. The number of likely N-dealkylation sites (N-methyl/N-ethyl adjacent to an activating group) is 1. The number of carbonyl (C=O) groups excluding carboxylic acids is 1. The van der Waals surface area contributed by atoms with Crippen molar-refractivity contribution in [2.24, 2.45) is 0 Å². The number of amides is 1. The van der Waals surface area contributed by atoms with Gasteiger partial charge in [-0.05, 0) is 26.2 Å². The van der Waals surface area contributed by atoms with Crippen molar-refractivity contribution in [2.45, 2.75) is 0 Å². The molecule has 0 aliphatic rings. The highest BCUT2D eigenvalue weighted by Gasteiger charge is 2.25. The zero-order valence-electron chi connectivity index (χ0n) is 21.3. The first-order valence-electron chi connectivity index (χ1n) is 11.9. The van der Waals surface area contributed by atoms with Crippen molar-refractivity contribution in [3.05, 3.63) is 78.4 Å². The molecule has 0 spiro atoms. The Bertz CT molecular complexity index is 1530. The molecule has 188 valence electrons. The Kier molecular flexibility index (Phi) is 7.03. The fourth-order valence-corrected chi connectivity index (χ4v) is 5.20. The van der Waals surface area contributed by atoms with Crippen LogP contribution in [0.5, 0.6) is 11.5 Å². The van der Waals surface area contributed by atoms with E-state index in [1.54, 1.807) is 19.1 Å². The zero-order chi connectivity index (χ0) is 25.9. The number of benzene rings is 3. The molecule has 0 bridgehead atoms. The normalized spacial score (nSPS) is 11.3. The van der Waals surface area contributed by atoms with Crippen molar-refractivity contribution in [1.29, 1.82) is 0 Å². The Morgan fingerprint density at radius 1 is 0.838 bits per heavy atom. The van der Waals surface area contributed by atoms with Crippen molar-refractivity contribution in [3.63, 3.8) is 0 Å². The van der Waals surface area contributed by atoms with Gasteiger partial charge in [0.05, 0.1) is 41.2 Å². The summed E-state index contributed by atoms with van der Waals surface area (Å²) in [6.07, 6.45) is 0. The maximum atomic E-state index is 14.3. The number of hydrogen-bond acceptors (Lipinski definition) is 7. The third-order valence-electron chi connectivity index (χ3n) is 6.15. The first kappa shape index (κ1) is 24.7. The molecule has 0 fully saturated rings. The number of hydrogen-bond donors (Lipinski definition) is 0. The largest absolute Gasteiger partial charge is 0.493 e. The van der Waals surface area contributed by atoms with Crippen molar-refractivity contribution in [2.75, 3.05) is 46.3 Å². The predicted molar refractivity (Wildman–Crippen MR) is 150 cm³/mol. The van der Waals surface area contributed by atoms with E-state index in [1.165, 1.54) is 11.3 Å². The third-order valence-corrected chi connectivity index (χ3v) is 7.19. The van der Waals surface area contributed by atoms with Gasteiger partial charge < -0.3 is 14.4 Å². The van der Waals surface area contributed by atoms with Crippen LogP contribution in [0.3, 0.4) is 0 Å². The molecule has 37 heavy (non-hydrogen) atoms. The van der Waals surface area contributed by atoms with Gasteiger partial charge in [0.25, 0.3) is 5.91 Å². The summed E-state index contributed by atoms with van der Waals surface area (Å²) in [5, 5.41) is 1.44. The first-order valence-corrected chi connectivity index (χ1v) is 12.7. The number of pyridine rings is 1. The minimum absolute atomic E-state index is 0.115. The van der Waals surface area contributed by atoms with E-state index in [2.05, 4.69) is 4.90 Å².